The first-order valence-corrected chi connectivity index (χ1v) is 8.92. The van der Waals surface area contributed by atoms with Crippen molar-refractivity contribution in [1.29, 1.82) is 0 Å². The van der Waals surface area contributed by atoms with E-state index in [0.29, 0.717) is 11.3 Å². The van der Waals surface area contributed by atoms with E-state index in [1.165, 1.54) is 32.2 Å². The fourth-order valence-corrected chi connectivity index (χ4v) is 3.87. The second kappa shape index (κ2) is 7.64. The Labute approximate surface area is 134 Å². The average molecular weight is 309 g/mol. The zero-order valence-corrected chi connectivity index (χ0v) is 14.0. The van der Waals surface area contributed by atoms with Gasteiger partial charge in [-0.25, -0.2) is 0 Å². The lowest BCUT2D eigenvalue weighted by molar-refractivity contribution is 0.0887. The van der Waals surface area contributed by atoms with Crippen LogP contribution in [0, 0.1) is 11.3 Å². The number of nitrogens with one attached hydrogen (secondary N) is 1. The van der Waals surface area contributed by atoms with Crippen molar-refractivity contribution >= 4 is 5.96 Å². The maximum Gasteiger partial charge on any atom is 0.193 e. The Morgan fingerprint density at radius 3 is 2.95 bits per heavy atom. The molecule has 5 nitrogen and oxygen atoms in total. The molecular formula is C17H31N3O2. The first-order chi connectivity index (χ1) is 10.8. The van der Waals surface area contributed by atoms with E-state index in [1.807, 2.05) is 7.05 Å². The number of nitrogens with zero attached hydrogens (tertiary/aromatic N) is 2. The van der Waals surface area contributed by atoms with Crippen molar-refractivity contribution in [2.45, 2.75) is 38.5 Å². The Balaban J connectivity index is 1.27. The van der Waals surface area contributed by atoms with Crippen LogP contribution in [-0.4, -0.2) is 64.0 Å². The number of ether oxygens (including phenoxy) is 2. The number of likely N-dealkylation sites (tertiary alicyclic amines) is 1. The maximum absolute atomic E-state index is 5.74. The molecule has 3 rings (SSSR count). The molecule has 22 heavy (non-hydrogen) atoms. The average Bonchev–Trinajstić information content (AvgIpc) is 3.15. The molecule has 0 aromatic carbocycles. The largest absolute Gasteiger partial charge is 0.381 e. The Morgan fingerprint density at radius 1 is 1.41 bits per heavy atom. The van der Waals surface area contributed by atoms with E-state index in [9.17, 15) is 0 Å². The van der Waals surface area contributed by atoms with Crippen molar-refractivity contribution in [3.8, 4) is 0 Å². The molecule has 5 heteroatoms. The zero-order chi connectivity index (χ0) is 15.3. The van der Waals surface area contributed by atoms with E-state index in [2.05, 4.69) is 15.2 Å². The van der Waals surface area contributed by atoms with Crippen molar-refractivity contribution in [3.05, 3.63) is 0 Å². The molecule has 1 atom stereocenters. The van der Waals surface area contributed by atoms with Gasteiger partial charge in [-0.05, 0) is 37.5 Å². The van der Waals surface area contributed by atoms with Crippen molar-refractivity contribution < 1.29 is 9.47 Å². The Kier molecular flexibility index (Phi) is 5.58. The van der Waals surface area contributed by atoms with Crippen LogP contribution >= 0.6 is 0 Å². The van der Waals surface area contributed by atoms with Crippen LogP contribution in [0.2, 0.25) is 0 Å². The summed E-state index contributed by atoms with van der Waals surface area (Å²) >= 11 is 0. The molecule has 3 fully saturated rings. The summed E-state index contributed by atoms with van der Waals surface area (Å²) in [4.78, 5) is 6.89. The minimum absolute atomic E-state index is 0.615. The lowest BCUT2D eigenvalue weighted by Gasteiger charge is -2.38. The monoisotopic (exact) mass is 309 g/mol. The molecule has 2 heterocycles. The van der Waals surface area contributed by atoms with Crippen LogP contribution in [0.25, 0.3) is 0 Å². The number of hydrogen-bond donors (Lipinski definition) is 1. The summed E-state index contributed by atoms with van der Waals surface area (Å²) in [6, 6.07) is 0. The van der Waals surface area contributed by atoms with Gasteiger partial charge in [0.2, 0.25) is 0 Å². The fraction of sp³-hybridized carbons (Fsp3) is 0.941. The van der Waals surface area contributed by atoms with E-state index in [-0.39, 0.29) is 0 Å². The molecule has 0 aromatic rings. The fourth-order valence-electron chi connectivity index (χ4n) is 3.87. The maximum atomic E-state index is 5.74. The molecule has 1 saturated carbocycles. The van der Waals surface area contributed by atoms with Crippen LogP contribution in [-0.2, 0) is 9.47 Å². The number of rotatable bonds is 6. The summed E-state index contributed by atoms with van der Waals surface area (Å²) in [6.45, 7) is 6.76. The van der Waals surface area contributed by atoms with E-state index in [1.54, 1.807) is 0 Å². The molecule has 0 amide bonds. The highest BCUT2D eigenvalue weighted by Gasteiger charge is 2.43. The van der Waals surface area contributed by atoms with Crippen LogP contribution in [0.1, 0.15) is 38.5 Å². The van der Waals surface area contributed by atoms with Gasteiger partial charge in [-0.1, -0.05) is 6.42 Å². The molecule has 1 spiro atoms. The normalized spacial score (nSPS) is 27.4. The lowest BCUT2D eigenvalue weighted by atomic mass is 9.68. The molecule has 1 N–H and O–H groups in total. The van der Waals surface area contributed by atoms with E-state index >= 15 is 0 Å². The van der Waals surface area contributed by atoms with Crippen molar-refractivity contribution in [3.63, 3.8) is 0 Å². The summed E-state index contributed by atoms with van der Waals surface area (Å²) < 4.78 is 11.1. The molecule has 2 aliphatic heterocycles. The summed E-state index contributed by atoms with van der Waals surface area (Å²) in [5.74, 6) is 1.69. The standard InChI is InChI=1S/C17H31N3O2/c1-18-16(20-9-7-17(14-20)5-2-6-17)19-8-3-10-21-12-15-4-11-22-13-15/h15H,2-14H2,1H3,(H,18,19). The molecule has 126 valence electrons. The highest BCUT2D eigenvalue weighted by atomic mass is 16.5. The first kappa shape index (κ1) is 16.1. The second-order valence-electron chi connectivity index (χ2n) is 7.16. The van der Waals surface area contributed by atoms with Gasteiger partial charge in [-0.2, -0.15) is 0 Å². The predicted octanol–water partition coefficient (Wildman–Crippen LogP) is 1.88. The highest BCUT2D eigenvalue weighted by Crippen LogP contribution is 2.47. The second-order valence-corrected chi connectivity index (χ2v) is 7.16. The quantitative estimate of drug-likeness (QED) is 0.462. The van der Waals surface area contributed by atoms with Crippen LogP contribution in [0.4, 0.5) is 0 Å². The third kappa shape index (κ3) is 3.93. The summed E-state index contributed by atoms with van der Waals surface area (Å²) in [6.07, 6.45) is 7.79. The topological polar surface area (TPSA) is 46.1 Å². The van der Waals surface area contributed by atoms with Gasteiger partial charge in [-0.15, -0.1) is 0 Å². The molecule has 0 bridgehead atoms. The minimum atomic E-state index is 0.615. The van der Waals surface area contributed by atoms with Gasteiger partial charge >= 0.3 is 0 Å². The van der Waals surface area contributed by atoms with Gasteiger partial charge in [0, 0.05) is 45.8 Å². The van der Waals surface area contributed by atoms with Crippen LogP contribution in [0.5, 0.6) is 0 Å². The van der Waals surface area contributed by atoms with Gasteiger partial charge in [-0.3, -0.25) is 4.99 Å². The number of hydrogen-bond acceptors (Lipinski definition) is 3. The number of guanidine groups is 1. The van der Waals surface area contributed by atoms with Gasteiger partial charge in [0.05, 0.1) is 13.2 Å². The predicted molar refractivity (Wildman–Crippen MR) is 88.2 cm³/mol. The number of aliphatic imine (C=N–C) groups is 1. The molecule has 0 radical (unpaired) electrons. The van der Waals surface area contributed by atoms with E-state index < -0.39 is 0 Å². The van der Waals surface area contributed by atoms with Crippen molar-refractivity contribution in [2.75, 3.05) is 53.1 Å². The van der Waals surface area contributed by atoms with Crippen molar-refractivity contribution in [1.82, 2.24) is 10.2 Å². The summed E-state index contributed by atoms with van der Waals surface area (Å²) in [7, 11) is 1.89. The molecule has 1 aliphatic carbocycles. The zero-order valence-electron chi connectivity index (χ0n) is 14.0. The molecule has 1 unspecified atom stereocenters. The van der Waals surface area contributed by atoms with Crippen molar-refractivity contribution in [2.24, 2.45) is 16.3 Å². The Hall–Kier alpha value is -0.810. The smallest absolute Gasteiger partial charge is 0.193 e. The minimum Gasteiger partial charge on any atom is -0.381 e. The van der Waals surface area contributed by atoms with Crippen LogP contribution in [0.15, 0.2) is 4.99 Å². The summed E-state index contributed by atoms with van der Waals surface area (Å²) in [5, 5.41) is 3.50. The van der Waals surface area contributed by atoms with Crippen LogP contribution < -0.4 is 5.32 Å². The van der Waals surface area contributed by atoms with Gasteiger partial charge in [0.1, 0.15) is 0 Å². The Morgan fingerprint density at radius 2 is 2.32 bits per heavy atom. The van der Waals surface area contributed by atoms with E-state index in [0.717, 1.165) is 58.3 Å². The SMILES string of the molecule is CN=C(NCCCOCC1CCOC1)N1CCC2(CCC2)C1. The Bertz CT molecular complexity index is 376. The third-order valence-corrected chi connectivity index (χ3v) is 5.49. The molecule has 0 aromatic heterocycles. The first-order valence-electron chi connectivity index (χ1n) is 8.92. The van der Waals surface area contributed by atoms with Gasteiger partial charge in [0.25, 0.3) is 0 Å². The van der Waals surface area contributed by atoms with Crippen LogP contribution in [0.3, 0.4) is 0 Å². The molecular weight excluding hydrogens is 278 g/mol. The third-order valence-electron chi connectivity index (χ3n) is 5.49. The molecule has 2 saturated heterocycles. The summed E-state index contributed by atoms with van der Waals surface area (Å²) in [5.41, 5.74) is 0.629. The van der Waals surface area contributed by atoms with Gasteiger partial charge < -0.3 is 19.7 Å². The van der Waals surface area contributed by atoms with E-state index in [4.69, 9.17) is 9.47 Å². The highest BCUT2D eigenvalue weighted by molar-refractivity contribution is 5.80. The van der Waals surface area contributed by atoms with Gasteiger partial charge in [0.15, 0.2) is 5.96 Å². The lowest BCUT2D eigenvalue weighted by Crippen LogP contribution is -2.43. The molecule has 3 aliphatic rings.